The van der Waals surface area contributed by atoms with Crippen molar-refractivity contribution >= 4 is 17.5 Å². The minimum Gasteiger partial charge on any atom is -0.342 e. The molecule has 28 heavy (non-hydrogen) atoms. The highest BCUT2D eigenvalue weighted by Gasteiger charge is 2.51. The molecule has 142 valence electrons. The standard InChI is InChI=1S/C20H19N5O3/c1-3-14-9-10-24(22-14)17(13-7-5-4-6-8-13)15-12-23(2)20(28)18-19(27)16(26)11-21-25(15)18/h1,4-10,15,17-18,21H,11-12H2,2H3. The molecule has 2 aliphatic heterocycles. The molecule has 8 heteroatoms. The van der Waals surface area contributed by atoms with Crippen LogP contribution in [0.2, 0.25) is 0 Å². The van der Waals surface area contributed by atoms with E-state index in [1.54, 1.807) is 29.0 Å². The first kappa shape index (κ1) is 18.1. The second-order valence-corrected chi connectivity index (χ2v) is 6.90. The number of piperazine rings is 1. The maximum absolute atomic E-state index is 12.6. The average Bonchev–Trinajstić information content (AvgIpc) is 3.18. The summed E-state index contributed by atoms with van der Waals surface area (Å²) in [4.78, 5) is 38.5. The van der Waals surface area contributed by atoms with Crippen LogP contribution >= 0.6 is 0 Å². The summed E-state index contributed by atoms with van der Waals surface area (Å²) in [7, 11) is 1.64. The van der Waals surface area contributed by atoms with Crippen molar-refractivity contribution in [2.45, 2.75) is 18.1 Å². The van der Waals surface area contributed by atoms with E-state index in [1.165, 1.54) is 4.90 Å². The minimum absolute atomic E-state index is 0.126. The highest BCUT2D eigenvalue weighted by molar-refractivity contribution is 6.44. The molecule has 0 saturated carbocycles. The van der Waals surface area contributed by atoms with E-state index < -0.39 is 23.5 Å². The molecule has 8 nitrogen and oxygen atoms in total. The maximum atomic E-state index is 12.6. The van der Waals surface area contributed by atoms with Crippen LogP contribution in [0.3, 0.4) is 0 Å². The summed E-state index contributed by atoms with van der Waals surface area (Å²) in [6.45, 7) is 0.230. The van der Waals surface area contributed by atoms with Gasteiger partial charge < -0.3 is 4.90 Å². The van der Waals surface area contributed by atoms with Gasteiger partial charge in [0.05, 0.1) is 18.6 Å². The van der Waals surface area contributed by atoms with Crippen LogP contribution < -0.4 is 5.43 Å². The molecule has 3 unspecified atom stereocenters. The van der Waals surface area contributed by atoms with E-state index in [0.717, 1.165) is 5.56 Å². The number of hydrogen-bond acceptors (Lipinski definition) is 6. The van der Waals surface area contributed by atoms with E-state index >= 15 is 0 Å². The SMILES string of the molecule is C#Cc1ccn(C(c2ccccc2)C2CN(C)C(=O)C3C(=O)C(=O)CNN32)n1. The molecule has 1 N–H and O–H groups in total. The van der Waals surface area contributed by atoms with E-state index in [4.69, 9.17) is 6.42 Å². The summed E-state index contributed by atoms with van der Waals surface area (Å²) >= 11 is 0. The molecule has 3 heterocycles. The lowest BCUT2D eigenvalue weighted by molar-refractivity contribution is -0.162. The quantitative estimate of drug-likeness (QED) is 0.446. The van der Waals surface area contributed by atoms with Crippen molar-refractivity contribution in [3.8, 4) is 12.3 Å². The van der Waals surface area contributed by atoms with Gasteiger partial charge in [-0.25, -0.2) is 10.4 Å². The molecule has 2 aliphatic rings. The van der Waals surface area contributed by atoms with Gasteiger partial charge in [-0.1, -0.05) is 30.3 Å². The number of aromatic nitrogens is 2. The van der Waals surface area contributed by atoms with Gasteiger partial charge in [-0.05, 0) is 17.6 Å². The average molecular weight is 377 g/mol. The van der Waals surface area contributed by atoms with Crippen molar-refractivity contribution < 1.29 is 14.4 Å². The molecule has 3 atom stereocenters. The number of ketones is 2. The molecule has 1 aromatic carbocycles. The Bertz CT molecular complexity index is 977. The van der Waals surface area contributed by atoms with Crippen LogP contribution in [0.25, 0.3) is 0 Å². The molecular weight excluding hydrogens is 358 g/mol. The fourth-order valence-electron chi connectivity index (χ4n) is 3.85. The Morgan fingerprint density at radius 3 is 2.64 bits per heavy atom. The van der Waals surface area contributed by atoms with E-state index in [0.29, 0.717) is 12.2 Å². The first-order chi connectivity index (χ1) is 13.5. The van der Waals surface area contributed by atoms with E-state index in [-0.39, 0.29) is 18.6 Å². The first-order valence-electron chi connectivity index (χ1n) is 8.92. The number of fused-ring (bicyclic) bond motifs is 1. The molecule has 2 saturated heterocycles. The second kappa shape index (κ2) is 7.03. The predicted octanol–water partition coefficient (Wildman–Crippen LogP) is -0.379. The Morgan fingerprint density at radius 2 is 1.96 bits per heavy atom. The number of rotatable bonds is 3. The van der Waals surface area contributed by atoms with Crippen LogP contribution in [0.1, 0.15) is 17.3 Å². The number of likely N-dealkylation sites (N-methyl/N-ethyl adjacent to an activating group) is 1. The van der Waals surface area contributed by atoms with Crippen molar-refractivity contribution in [2.24, 2.45) is 0 Å². The van der Waals surface area contributed by atoms with Crippen molar-refractivity contribution in [1.82, 2.24) is 25.1 Å². The monoisotopic (exact) mass is 377 g/mol. The number of carbonyl (C=O) groups is 3. The Hall–Kier alpha value is -3.28. The number of amides is 1. The first-order valence-corrected chi connectivity index (χ1v) is 8.92. The van der Waals surface area contributed by atoms with Crippen LogP contribution in [-0.2, 0) is 14.4 Å². The van der Waals surface area contributed by atoms with Gasteiger partial charge in [-0.15, -0.1) is 6.42 Å². The van der Waals surface area contributed by atoms with Gasteiger partial charge in [0.25, 0.3) is 0 Å². The topological polar surface area (TPSA) is 87.5 Å². The minimum atomic E-state index is -1.17. The van der Waals surface area contributed by atoms with E-state index in [9.17, 15) is 14.4 Å². The smallest absolute Gasteiger partial charge is 0.249 e. The third kappa shape index (κ3) is 2.91. The van der Waals surface area contributed by atoms with Crippen molar-refractivity contribution in [3.05, 3.63) is 53.9 Å². The molecule has 0 bridgehead atoms. The number of carbonyl (C=O) groups excluding carboxylic acids is 3. The van der Waals surface area contributed by atoms with E-state index in [2.05, 4.69) is 16.4 Å². The third-order valence-electron chi connectivity index (χ3n) is 5.20. The van der Waals surface area contributed by atoms with Gasteiger partial charge in [0, 0.05) is 19.8 Å². The molecule has 0 spiro atoms. The third-order valence-corrected chi connectivity index (χ3v) is 5.20. The lowest BCUT2D eigenvalue weighted by Crippen LogP contribution is -2.73. The molecule has 0 aliphatic carbocycles. The zero-order chi connectivity index (χ0) is 19.8. The summed E-state index contributed by atoms with van der Waals surface area (Å²) in [5, 5.41) is 6.08. The van der Waals surface area contributed by atoms with E-state index in [1.807, 2.05) is 30.3 Å². The maximum Gasteiger partial charge on any atom is 0.249 e. The predicted molar refractivity (Wildman–Crippen MR) is 99.8 cm³/mol. The fraction of sp³-hybridized carbons (Fsp3) is 0.300. The number of Topliss-reactive ketones (excluding diaryl/α,β-unsaturated/α-hetero) is 2. The Labute approximate surface area is 162 Å². The lowest BCUT2D eigenvalue weighted by Gasteiger charge is -2.48. The van der Waals surface area contributed by atoms with Crippen LogP contribution in [0, 0.1) is 12.3 Å². The summed E-state index contributed by atoms with van der Waals surface area (Å²) in [6, 6.07) is 9.59. The molecule has 1 amide bonds. The Morgan fingerprint density at radius 1 is 1.21 bits per heavy atom. The molecule has 1 aromatic heterocycles. The highest BCUT2D eigenvalue weighted by atomic mass is 16.2. The number of nitrogens with one attached hydrogen (secondary N) is 1. The summed E-state index contributed by atoms with van der Waals surface area (Å²) in [5.74, 6) is 0.854. The number of benzene rings is 1. The van der Waals surface area contributed by atoms with Crippen molar-refractivity contribution in [3.63, 3.8) is 0 Å². The van der Waals surface area contributed by atoms with Crippen molar-refractivity contribution in [1.29, 1.82) is 0 Å². The zero-order valence-corrected chi connectivity index (χ0v) is 15.3. The van der Waals surface area contributed by atoms with Crippen LogP contribution in [-0.4, -0.2) is 69.4 Å². The molecule has 0 radical (unpaired) electrons. The summed E-state index contributed by atoms with van der Waals surface area (Å²) in [5.41, 5.74) is 4.42. The summed E-state index contributed by atoms with van der Waals surface area (Å²) in [6.07, 6.45) is 7.26. The van der Waals surface area contributed by atoms with Crippen LogP contribution in [0.4, 0.5) is 0 Å². The largest absolute Gasteiger partial charge is 0.342 e. The highest BCUT2D eigenvalue weighted by Crippen LogP contribution is 2.30. The van der Waals surface area contributed by atoms with Gasteiger partial charge in [-0.3, -0.25) is 19.1 Å². The fourth-order valence-corrected chi connectivity index (χ4v) is 3.85. The molecule has 2 fully saturated rings. The van der Waals surface area contributed by atoms with Gasteiger partial charge in [0.1, 0.15) is 5.69 Å². The van der Waals surface area contributed by atoms with Gasteiger partial charge in [0.15, 0.2) is 6.04 Å². The lowest BCUT2D eigenvalue weighted by atomic mass is 9.92. The number of terminal acetylenes is 1. The van der Waals surface area contributed by atoms with Crippen LogP contribution in [0.15, 0.2) is 42.6 Å². The number of hydrogen-bond donors (Lipinski definition) is 1. The normalized spacial score (nSPS) is 24.0. The Balaban J connectivity index is 1.81. The van der Waals surface area contributed by atoms with Gasteiger partial charge >= 0.3 is 0 Å². The number of hydrazine groups is 1. The van der Waals surface area contributed by atoms with Gasteiger partial charge in [0.2, 0.25) is 17.5 Å². The van der Waals surface area contributed by atoms with Crippen molar-refractivity contribution in [2.75, 3.05) is 20.1 Å². The molecule has 2 aromatic rings. The second-order valence-electron chi connectivity index (χ2n) is 6.90. The number of nitrogens with zero attached hydrogens (tertiary/aromatic N) is 4. The zero-order valence-electron chi connectivity index (χ0n) is 15.3. The van der Waals surface area contributed by atoms with Crippen LogP contribution in [0.5, 0.6) is 0 Å². The molecular formula is C20H19N5O3. The molecule has 4 rings (SSSR count). The Kier molecular flexibility index (Phi) is 4.55. The van der Waals surface area contributed by atoms with Gasteiger partial charge in [-0.2, -0.15) is 5.10 Å². The summed E-state index contributed by atoms with van der Waals surface area (Å²) < 4.78 is 1.75.